The topological polar surface area (TPSA) is 46.5 Å². The molecular formula is C15H21N3O2. The monoisotopic (exact) mass is 275 g/mol. The molecule has 2 fully saturated rings. The molecule has 1 N–H and O–H groups in total. The molecule has 5 heteroatoms. The predicted octanol–water partition coefficient (Wildman–Crippen LogP) is 0.392. The molecule has 0 saturated carbocycles. The summed E-state index contributed by atoms with van der Waals surface area (Å²) >= 11 is 0. The Morgan fingerprint density at radius 2 is 2.05 bits per heavy atom. The second-order valence-electron chi connectivity index (χ2n) is 6.14. The minimum absolute atomic E-state index is 0.167. The quantitative estimate of drug-likeness (QED) is 0.805. The highest BCUT2D eigenvalue weighted by Gasteiger charge is 2.31. The predicted molar refractivity (Wildman–Crippen MR) is 77.5 cm³/mol. The lowest BCUT2D eigenvalue weighted by Crippen LogP contribution is -2.45. The minimum atomic E-state index is 0.167. The van der Waals surface area contributed by atoms with E-state index in [-0.39, 0.29) is 5.56 Å². The van der Waals surface area contributed by atoms with E-state index < -0.39 is 0 Å². The summed E-state index contributed by atoms with van der Waals surface area (Å²) in [5, 5.41) is 3.50. The van der Waals surface area contributed by atoms with Gasteiger partial charge in [-0.3, -0.25) is 4.79 Å². The van der Waals surface area contributed by atoms with Gasteiger partial charge in [-0.25, -0.2) is 0 Å². The number of fused-ring (bicyclic) bond motifs is 4. The van der Waals surface area contributed by atoms with Crippen molar-refractivity contribution in [3.63, 3.8) is 0 Å². The van der Waals surface area contributed by atoms with Gasteiger partial charge in [0.1, 0.15) is 0 Å². The highest BCUT2D eigenvalue weighted by Crippen LogP contribution is 2.33. The third kappa shape index (κ3) is 2.05. The molecule has 3 aliphatic rings. The summed E-state index contributed by atoms with van der Waals surface area (Å²) < 4.78 is 7.40. The number of pyridine rings is 1. The van der Waals surface area contributed by atoms with Gasteiger partial charge >= 0.3 is 0 Å². The maximum absolute atomic E-state index is 12.4. The Morgan fingerprint density at radius 3 is 2.90 bits per heavy atom. The van der Waals surface area contributed by atoms with E-state index in [0.717, 1.165) is 51.6 Å². The van der Waals surface area contributed by atoms with Crippen molar-refractivity contribution < 1.29 is 4.74 Å². The first-order valence-corrected chi connectivity index (χ1v) is 7.59. The Morgan fingerprint density at radius 1 is 1.20 bits per heavy atom. The maximum atomic E-state index is 12.4. The molecule has 1 unspecified atom stereocenters. The fourth-order valence-corrected chi connectivity index (χ4v) is 3.79. The maximum Gasteiger partial charge on any atom is 0.252 e. The van der Waals surface area contributed by atoms with E-state index >= 15 is 0 Å². The Labute approximate surface area is 118 Å². The number of nitrogens with zero attached hydrogens (tertiary/aromatic N) is 2. The number of rotatable bonds is 1. The zero-order valence-corrected chi connectivity index (χ0v) is 11.7. The fraction of sp³-hybridized carbons (Fsp3) is 0.667. The summed E-state index contributed by atoms with van der Waals surface area (Å²) in [6, 6.07) is 4.05. The number of aromatic nitrogens is 1. The van der Waals surface area contributed by atoms with E-state index in [1.54, 1.807) is 0 Å². The molecule has 0 aromatic carbocycles. The first-order valence-electron chi connectivity index (χ1n) is 7.59. The van der Waals surface area contributed by atoms with E-state index in [1.165, 1.54) is 12.1 Å². The lowest BCUT2D eigenvalue weighted by molar-refractivity contribution is 0.122. The molecule has 5 nitrogen and oxygen atoms in total. The van der Waals surface area contributed by atoms with Crippen molar-refractivity contribution in [3.8, 4) is 0 Å². The van der Waals surface area contributed by atoms with Gasteiger partial charge in [-0.1, -0.05) is 0 Å². The summed E-state index contributed by atoms with van der Waals surface area (Å²) in [4.78, 5) is 14.7. The number of nitrogens with one attached hydrogen (secondary N) is 1. The molecule has 4 rings (SSSR count). The average Bonchev–Trinajstić information content (AvgIpc) is 2.49. The molecule has 2 atom stereocenters. The molecule has 0 amide bonds. The summed E-state index contributed by atoms with van der Waals surface area (Å²) in [5.74, 6) is 1.12. The van der Waals surface area contributed by atoms with Gasteiger partial charge < -0.3 is 19.5 Å². The lowest BCUT2D eigenvalue weighted by atomic mass is 9.84. The zero-order valence-electron chi connectivity index (χ0n) is 11.7. The average molecular weight is 275 g/mol. The Balaban J connectivity index is 1.73. The molecule has 0 aliphatic carbocycles. The first kappa shape index (κ1) is 12.4. The molecule has 1 aromatic heterocycles. The third-order valence-electron chi connectivity index (χ3n) is 4.82. The van der Waals surface area contributed by atoms with E-state index in [4.69, 9.17) is 4.74 Å². The molecule has 3 aliphatic heterocycles. The third-order valence-corrected chi connectivity index (χ3v) is 4.82. The van der Waals surface area contributed by atoms with E-state index in [1.807, 2.05) is 10.6 Å². The normalized spacial score (nSPS) is 29.1. The molecule has 2 bridgehead atoms. The van der Waals surface area contributed by atoms with Gasteiger partial charge in [-0.2, -0.15) is 0 Å². The summed E-state index contributed by atoms with van der Waals surface area (Å²) in [6.07, 6.45) is 1.22. The molecule has 1 aromatic rings. The Bertz CT molecular complexity index is 563. The van der Waals surface area contributed by atoms with Crippen LogP contribution in [0.1, 0.15) is 18.0 Å². The van der Waals surface area contributed by atoms with Crippen LogP contribution in [0.3, 0.4) is 0 Å². The summed E-state index contributed by atoms with van der Waals surface area (Å²) in [5.41, 5.74) is 2.47. The van der Waals surface area contributed by atoms with E-state index in [2.05, 4.69) is 16.3 Å². The van der Waals surface area contributed by atoms with Crippen molar-refractivity contribution in [2.45, 2.75) is 18.9 Å². The van der Waals surface area contributed by atoms with E-state index in [9.17, 15) is 4.79 Å². The molecular weight excluding hydrogens is 254 g/mol. The molecule has 108 valence electrons. The van der Waals surface area contributed by atoms with Crippen molar-refractivity contribution in [3.05, 3.63) is 28.2 Å². The SMILES string of the molecule is O=c1cc(N2CCOCC2)cc2n1CC1CNC[C@@H]2C1. The molecule has 20 heavy (non-hydrogen) atoms. The van der Waals surface area contributed by atoms with Crippen LogP contribution < -0.4 is 15.8 Å². The second kappa shape index (κ2) is 4.90. The van der Waals surface area contributed by atoms with Crippen LogP contribution in [-0.2, 0) is 11.3 Å². The van der Waals surface area contributed by atoms with Crippen LogP contribution in [0.4, 0.5) is 5.69 Å². The van der Waals surface area contributed by atoms with Crippen LogP contribution in [0.5, 0.6) is 0 Å². The van der Waals surface area contributed by atoms with Crippen molar-refractivity contribution in [2.75, 3.05) is 44.3 Å². The van der Waals surface area contributed by atoms with Gasteiger partial charge in [-0.05, 0) is 24.9 Å². The first-order chi connectivity index (χ1) is 9.81. The molecule has 2 saturated heterocycles. The minimum Gasteiger partial charge on any atom is -0.378 e. The van der Waals surface area contributed by atoms with Crippen LogP contribution in [0.2, 0.25) is 0 Å². The van der Waals surface area contributed by atoms with Crippen LogP contribution >= 0.6 is 0 Å². The van der Waals surface area contributed by atoms with Crippen LogP contribution in [-0.4, -0.2) is 44.0 Å². The van der Waals surface area contributed by atoms with Crippen molar-refractivity contribution >= 4 is 5.69 Å². The second-order valence-corrected chi connectivity index (χ2v) is 6.14. The number of piperidine rings is 1. The van der Waals surface area contributed by atoms with Crippen LogP contribution in [0.15, 0.2) is 16.9 Å². The van der Waals surface area contributed by atoms with E-state index in [0.29, 0.717) is 11.8 Å². The number of hydrogen-bond donors (Lipinski definition) is 1. The van der Waals surface area contributed by atoms with Crippen LogP contribution in [0.25, 0.3) is 0 Å². The number of hydrogen-bond acceptors (Lipinski definition) is 4. The smallest absolute Gasteiger partial charge is 0.252 e. The highest BCUT2D eigenvalue weighted by molar-refractivity contribution is 5.48. The van der Waals surface area contributed by atoms with Gasteiger partial charge in [0.25, 0.3) is 5.56 Å². The number of ether oxygens (including phenoxy) is 1. The molecule has 0 radical (unpaired) electrons. The zero-order chi connectivity index (χ0) is 13.5. The standard InChI is InChI=1S/C15H21N3O2/c19-15-7-13(17-1-3-20-4-2-17)6-14-12-5-11(8-16-9-12)10-18(14)15/h6-7,11-12,16H,1-5,8-10H2/t11?,12-/m0/s1. The van der Waals surface area contributed by atoms with Gasteiger partial charge in [0.05, 0.1) is 13.2 Å². The number of anilines is 1. The van der Waals surface area contributed by atoms with Crippen LogP contribution in [0, 0.1) is 5.92 Å². The van der Waals surface area contributed by atoms with Crippen molar-refractivity contribution in [1.29, 1.82) is 0 Å². The van der Waals surface area contributed by atoms with Crippen molar-refractivity contribution in [2.24, 2.45) is 5.92 Å². The van der Waals surface area contributed by atoms with Gasteiger partial charge in [0, 0.05) is 49.5 Å². The molecule has 4 heterocycles. The van der Waals surface area contributed by atoms with Gasteiger partial charge in [0.2, 0.25) is 0 Å². The summed E-state index contributed by atoms with van der Waals surface area (Å²) in [7, 11) is 0. The Kier molecular flexibility index (Phi) is 3.04. The highest BCUT2D eigenvalue weighted by atomic mass is 16.5. The summed E-state index contributed by atoms with van der Waals surface area (Å²) in [6.45, 7) is 6.21. The lowest BCUT2D eigenvalue weighted by Gasteiger charge is -2.38. The largest absolute Gasteiger partial charge is 0.378 e. The van der Waals surface area contributed by atoms with Gasteiger partial charge in [0.15, 0.2) is 0 Å². The fourth-order valence-electron chi connectivity index (χ4n) is 3.79. The Hall–Kier alpha value is -1.33. The molecule has 0 spiro atoms. The van der Waals surface area contributed by atoms with Crippen molar-refractivity contribution in [1.82, 2.24) is 9.88 Å². The number of morpholine rings is 1. The van der Waals surface area contributed by atoms with Gasteiger partial charge in [-0.15, -0.1) is 0 Å².